The number of carbonyl (C=O) groups is 1. The van der Waals surface area contributed by atoms with E-state index in [1.807, 2.05) is 42.5 Å². The van der Waals surface area contributed by atoms with Crippen LogP contribution in [0.4, 0.5) is 11.4 Å². The van der Waals surface area contributed by atoms with Crippen molar-refractivity contribution in [1.82, 2.24) is 5.32 Å². The van der Waals surface area contributed by atoms with Gasteiger partial charge in [0.15, 0.2) is 11.5 Å². The van der Waals surface area contributed by atoms with E-state index >= 15 is 0 Å². The van der Waals surface area contributed by atoms with E-state index in [1.54, 1.807) is 25.3 Å². The fourth-order valence-electron chi connectivity index (χ4n) is 3.33. The molecule has 1 amide bonds. The van der Waals surface area contributed by atoms with Gasteiger partial charge in [0.05, 0.1) is 35.9 Å². The summed E-state index contributed by atoms with van der Waals surface area (Å²) in [5, 5.41) is 7.26. The molecular formula is C27H30Cl2N2O3. The van der Waals surface area contributed by atoms with E-state index in [0.29, 0.717) is 46.3 Å². The number of para-hydroxylation sites is 2. The highest BCUT2D eigenvalue weighted by Crippen LogP contribution is 2.33. The number of halogens is 2. The summed E-state index contributed by atoms with van der Waals surface area (Å²) in [5.74, 6) is 1.83. The van der Waals surface area contributed by atoms with E-state index in [4.69, 9.17) is 32.7 Å². The first-order chi connectivity index (χ1) is 16.4. The van der Waals surface area contributed by atoms with E-state index in [-0.39, 0.29) is 12.3 Å². The Bertz CT molecular complexity index is 1100. The molecule has 0 saturated heterocycles. The number of nitrogens with one attached hydrogen (secondary N) is 2. The van der Waals surface area contributed by atoms with Crippen molar-refractivity contribution in [2.24, 2.45) is 5.92 Å². The Morgan fingerprint density at radius 3 is 2.41 bits per heavy atom. The quantitative estimate of drug-likeness (QED) is 0.296. The summed E-state index contributed by atoms with van der Waals surface area (Å²) in [6.07, 6.45) is 1.18. The largest absolute Gasteiger partial charge is 0.493 e. The Labute approximate surface area is 211 Å². The van der Waals surface area contributed by atoms with Crippen LogP contribution in [0.2, 0.25) is 10.0 Å². The summed E-state index contributed by atoms with van der Waals surface area (Å²) < 4.78 is 11.3. The Kier molecular flexibility index (Phi) is 9.49. The number of benzene rings is 3. The molecule has 3 aromatic rings. The molecule has 0 fully saturated rings. The Hall–Kier alpha value is -2.89. The molecule has 2 N–H and O–H groups in total. The number of anilines is 2. The molecule has 0 unspecified atom stereocenters. The normalized spacial score (nSPS) is 10.8. The second-order valence-corrected chi connectivity index (χ2v) is 9.16. The van der Waals surface area contributed by atoms with Gasteiger partial charge >= 0.3 is 0 Å². The van der Waals surface area contributed by atoms with Crippen LogP contribution < -0.4 is 20.1 Å². The molecule has 0 aliphatic carbocycles. The second kappa shape index (κ2) is 12.5. The molecule has 3 rings (SSSR count). The van der Waals surface area contributed by atoms with E-state index in [0.717, 1.165) is 23.2 Å². The lowest BCUT2D eigenvalue weighted by atomic mass is 10.1. The van der Waals surface area contributed by atoms with Gasteiger partial charge in [-0.1, -0.05) is 67.4 Å². The molecule has 0 radical (unpaired) electrons. The predicted molar refractivity (Wildman–Crippen MR) is 140 cm³/mol. The maximum absolute atomic E-state index is 12.7. The van der Waals surface area contributed by atoms with Gasteiger partial charge in [0, 0.05) is 12.2 Å². The Morgan fingerprint density at radius 2 is 1.71 bits per heavy atom. The highest BCUT2D eigenvalue weighted by Gasteiger charge is 2.12. The van der Waals surface area contributed by atoms with Crippen LogP contribution in [0.3, 0.4) is 0 Å². The fourth-order valence-corrected chi connectivity index (χ4v) is 3.82. The van der Waals surface area contributed by atoms with Crippen LogP contribution >= 0.6 is 23.2 Å². The Balaban J connectivity index is 1.61. The van der Waals surface area contributed by atoms with Crippen LogP contribution in [-0.4, -0.2) is 19.6 Å². The molecule has 0 saturated carbocycles. The standard InChI is InChI=1S/C27H30Cl2N2O3/c1-18(2)13-14-34-24-12-11-19(15-25(24)33-3)17-30-26(32)16-20-7-4-5-10-23(20)31-27-21(28)8-6-9-22(27)29/h4-12,15,18,31H,13-14,16-17H2,1-3H3,(H,30,32). The summed E-state index contributed by atoms with van der Waals surface area (Å²) in [5.41, 5.74) is 3.15. The monoisotopic (exact) mass is 500 g/mol. The first-order valence-electron chi connectivity index (χ1n) is 11.2. The highest BCUT2D eigenvalue weighted by atomic mass is 35.5. The zero-order valence-corrected chi connectivity index (χ0v) is 21.2. The van der Waals surface area contributed by atoms with Crippen molar-refractivity contribution in [2.75, 3.05) is 19.0 Å². The molecule has 34 heavy (non-hydrogen) atoms. The summed E-state index contributed by atoms with van der Waals surface area (Å²) in [6, 6.07) is 18.6. The molecule has 0 aliphatic heterocycles. The average Bonchev–Trinajstić information content (AvgIpc) is 2.81. The first kappa shape index (κ1) is 25.7. The van der Waals surface area contributed by atoms with E-state index in [9.17, 15) is 4.79 Å². The highest BCUT2D eigenvalue weighted by molar-refractivity contribution is 6.39. The molecule has 0 spiro atoms. The van der Waals surface area contributed by atoms with Crippen LogP contribution in [0.5, 0.6) is 11.5 Å². The zero-order valence-electron chi connectivity index (χ0n) is 19.7. The lowest BCUT2D eigenvalue weighted by molar-refractivity contribution is -0.120. The van der Waals surface area contributed by atoms with Crippen LogP contribution in [0, 0.1) is 5.92 Å². The van der Waals surface area contributed by atoms with Crippen LogP contribution in [0.15, 0.2) is 60.7 Å². The number of ether oxygens (including phenoxy) is 2. The lowest BCUT2D eigenvalue weighted by Crippen LogP contribution is -2.24. The minimum Gasteiger partial charge on any atom is -0.493 e. The van der Waals surface area contributed by atoms with Gasteiger partial charge in [-0.05, 0) is 53.8 Å². The molecule has 180 valence electrons. The topological polar surface area (TPSA) is 59.6 Å². The first-order valence-corrected chi connectivity index (χ1v) is 12.0. The number of methoxy groups -OCH3 is 1. The fraction of sp³-hybridized carbons (Fsp3) is 0.296. The van der Waals surface area contributed by atoms with Gasteiger partial charge in [-0.25, -0.2) is 0 Å². The van der Waals surface area contributed by atoms with Gasteiger partial charge in [-0.3, -0.25) is 4.79 Å². The maximum Gasteiger partial charge on any atom is 0.224 e. The van der Waals surface area contributed by atoms with E-state index in [1.165, 1.54) is 0 Å². The smallest absolute Gasteiger partial charge is 0.224 e. The van der Waals surface area contributed by atoms with E-state index < -0.39 is 0 Å². The lowest BCUT2D eigenvalue weighted by Gasteiger charge is -2.15. The number of hydrogen-bond acceptors (Lipinski definition) is 4. The van der Waals surface area contributed by atoms with Crippen LogP contribution in [-0.2, 0) is 17.8 Å². The summed E-state index contributed by atoms with van der Waals surface area (Å²) in [7, 11) is 1.61. The number of carbonyl (C=O) groups excluding carboxylic acids is 1. The minimum absolute atomic E-state index is 0.101. The molecule has 0 aliphatic rings. The molecule has 7 heteroatoms. The van der Waals surface area contributed by atoms with Crippen molar-refractivity contribution < 1.29 is 14.3 Å². The number of amides is 1. The van der Waals surface area contributed by atoms with Crippen LogP contribution in [0.1, 0.15) is 31.4 Å². The van der Waals surface area contributed by atoms with Gasteiger partial charge in [0.2, 0.25) is 5.91 Å². The average molecular weight is 501 g/mol. The Morgan fingerprint density at radius 1 is 0.971 bits per heavy atom. The molecule has 0 heterocycles. The number of rotatable bonds is 11. The van der Waals surface area contributed by atoms with Crippen molar-refractivity contribution in [2.45, 2.75) is 33.2 Å². The molecule has 3 aromatic carbocycles. The molecule has 0 aromatic heterocycles. The zero-order chi connectivity index (χ0) is 24.5. The molecule has 0 atom stereocenters. The second-order valence-electron chi connectivity index (χ2n) is 8.35. The number of hydrogen-bond donors (Lipinski definition) is 2. The predicted octanol–water partition coefficient (Wildman–Crippen LogP) is 7.03. The third-order valence-corrected chi connectivity index (χ3v) is 5.89. The van der Waals surface area contributed by atoms with Crippen LogP contribution in [0.25, 0.3) is 0 Å². The summed E-state index contributed by atoms with van der Waals surface area (Å²) in [4.78, 5) is 12.7. The van der Waals surface area contributed by atoms with Gasteiger partial charge in [0.1, 0.15) is 0 Å². The molecule has 0 bridgehead atoms. The maximum atomic E-state index is 12.7. The van der Waals surface area contributed by atoms with Gasteiger partial charge in [0.25, 0.3) is 0 Å². The van der Waals surface area contributed by atoms with Gasteiger partial charge < -0.3 is 20.1 Å². The van der Waals surface area contributed by atoms with E-state index in [2.05, 4.69) is 24.5 Å². The summed E-state index contributed by atoms with van der Waals surface area (Å²) in [6.45, 7) is 5.34. The van der Waals surface area contributed by atoms with Gasteiger partial charge in [-0.2, -0.15) is 0 Å². The third-order valence-electron chi connectivity index (χ3n) is 5.26. The van der Waals surface area contributed by atoms with Crippen molar-refractivity contribution >= 4 is 40.5 Å². The van der Waals surface area contributed by atoms with Gasteiger partial charge in [-0.15, -0.1) is 0 Å². The molecule has 5 nitrogen and oxygen atoms in total. The minimum atomic E-state index is -0.101. The van der Waals surface area contributed by atoms with Crippen molar-refractivity contribution in [1.29, 1.82) is 0 Å². The van der Waals surface area contributed by atoms with Crippen molar-refractivity contribution in [3.8, 4) is 11.5 Å². The van der Waals surface area contributed by atoms with Crippen molar-refractivity contribution in [3.63, 3.8) is 0 Å². The molecular weight excluding hydrogens is 471 g/mol. The summed E-state index contributed by atoms with van der Waals surface area (Å²) >= 11 is 12.6. The SMILES string of the molecule is COc1cc(CNC(=O)Cc2ccccc2Nc2c(Cl)cccc2Cl)ccc1OCCC(C)C. The van der Waals surface area contributed by atoms with Crippen molar-refractivity contribution in [3.05, 3.63) is 81.8 Å². The third kappa shape index (κ3) is 7.31.